The van der Waals surface area contributed by atoms with Gasteiger partial charge in [-0.3, -0.25) is 28.8 Å². The molecule has 16 heteroatoms. The quantitative estimate of drug-likeness (QED) is 0.0720. The van der Waals surface area contributed by atoms with Gasteiger partial charge in [0.25, 0.3) is 0 Å². The van der Waals surface area contributed by atoms with Gasteiger partial charge in [-0.1, -0.05) is 50.6 Å². The van der Waals surface area contributed by atoms with E-state index < -0.39 is 72.3 Å². The van der Waals surface area contributed by atoms with Gasteiger partial charge in [-0.05, 0) is 44.2 Å². The van der Waals surface area contributed by atoms with Crippen molar-refractivity contribution in [3.63, 3.8) is 0 Å². The van der Waals surface area contributed by atoms with E-state index in [0.717, 1.165) is 0 Å². The predicted molar refractivity (Wildman–Crippen MR) is 177 cm³/mol. The number of unbranched alkanes of at least 4 members (excludes halogenated alkanes) is 1. The number of rotatable bonds is 21. The van der Waals surface area contributed by atoms with Crippen molar-refractivity contribution < 1.29 is 33.9 Å². The number of benzene rings is 1. The Morgan fingerprint density at radius 1 is 0.812 bits per heavy atom. The lowest BCUT2D eigenvalue weighted by molar-refractivity contribution is -0.138. The van der Waals surface area contributed by atoms with Crippen molar-refractivity contribution >= 4 is 35.5 Å². The monoisotopic (exact) mass is 671 g/mol. The fourth-order valence-electron chi connectivity index (χ4n) is 4.74. The van der Waals surface area contributed by atoms with E-state index in [1.54, 1.807) is 30.3 Å². The van der Waals surface area contributed by atoms with Crippen LogP contribution in [0.1, 0.15) is 57.7 Å². The number of imidazole rings is 1. The van der Waals surface area contributed by atoms with Crippen molar-refractivity contribution in [2.45, 2.75) is 89.5 Å². The molecule has 0 saturated carbocycles. The third kappa shape index (κ3) is 14.3. The molecular weight excluding hydrogens is 622 g/mol. The van der Waals surface area contributed by atoms with E-state index in [-0.39, 0.29) is 18.8 Å². The van der Waals surface area contributed by atoms with Crippen LogP contribution in [0.5, 0.6) is 0 Å². The number of aliphatic carboxylic acids is 1. The van der Waals surface area contributed by atoms with Gasteiger partial charge in [-0.2, -0.15) is 0 Å². The minimum atomic E-state index is -1.26. The number of H-pyrrole nitrogens is 1. The fraction of sp³-hybridized carbons (Fsp3) is 0.531. The van der Waals surface area contributed by atoms with Crippen LogP contribution in [0.2, 0.25) is 0 Å². The highest BCUT2D eigenvalue weighted by Crippen LogP contribution is 2.09. The first-order valence-electron chi connectivity index (χ1n) is 16.0. The zero-order chi connectivity index (χ0) is 35.6. The van der Waals surface area contributed by atoms with Gasteiger partial charge in [0.1, 0.15) is 30.7 Å². The summed E-state index contributed by atoms with van der Waals surface area (Å²) in [5, 5.41) is 21.9. The molecule has 0 unspecified atom stereocenters. The predicted octanol–water partition coefficient (Wildman–Crippen LogP) is -1.14. The molecule has 0 bridgehead atoms. The first-order valence-corrected chi connectivity index (χ1v) is 16.0. The van der Waals surface area contributed by atoms with Crippen molar-refractivity contribution in [1.29, 1.82) is 0 Å². The van der Waals surface area contributed by atoms with Gasteiger partial charge in [0.15, 0.2) is 0 Å². The zero-order valence-electron chi connectivity index (χ0n) is 27.7. The molecule has 0 aliphatic rings. The number of aromatic nitrogens is 2. The topological polar surface area (TPSA) is 264 Å². The van der Waals surface area contributed by atoms with Gasteiger partial charge in [0.2, 0.25) is 29.5 Å². The summed E-state index contributed by atoms with van der Waals surface area (Å²) in [5.74, 6) is -4.46. The molecule has 48 heavy (non-hydrogen) atoms. The minimum Gasteiger partial charge on any atom is -0.480 e. The third-order valence-corrected chi connectivity index (χ3v) is 7.34. The summed E-state index contributed by atoms with van der Waals surface area (Å²) in [7, 11) is 0. The highest BCUT2D eigenvalue weighted by Gasteiger charge is 2.31. The molecule has 0 spiro atoms. The van der Waals surface area contributed by atoms with E-state index in [1.807, 2.05) is 13.8 Å². The van der Waals surface area contributed by atoms with Crippen LogP contribution in [0.3, 0.4) is 0 Å². The molecule has 0 radical (unpaired) electrons. The fourth-order valence-corrected chi connectivity index (χ4v) is 4.74. The molecular formula is C32H49N9O7. The van der Waals surface area contributed by atoms with Crippen molar-refractivity contribution in [3.8, 4) is 0 Å². The normalized spacial score (nSPS) is 14.1. The number of carboxylic acid groups (broad SMARTS) is 1. The molecule has 2 rings (SSSR count). The number of aromatic amines is 1. The maximum Gasteiger partial charge on any atom is 0.322 e. The van der Waals surface area contributed by atoms with Gasteiger partial charge in [0, 0.05) is 24.7 Å². The molecule has 0 fully saturated rings. The Morgan fingerprint density at radius 2 is 1.44 bits per heavy atom. The molecule has 5 atom stereocenters. The molecule has 16 nitrogen and oxygen atoms in total. The van der Waals surface area contributed by atoms with Crippen molar-refractivity contribution in [3.05, 3.63) is 54.1 Å². The minimum absolute atomic E-state index is 0.0256. The number of hydrogen-bond acceptors (Lipinski definition) is 9. The lowest BCUT2D eigenvalue weighted by Gasteiger charge is -2.26. The number of carbonyl (C=O) groups excluding carboxylic acids is 5. The molecule has 0 aliphatic carbocycles. The smallest absolute Gasteiger partial charge is 0.322 e. The Kier molecular flexibility index (Phi) is 16.7. The van der Waals surface area contributed by atoms with Crippen molar-refractivity contribution in [2.75, 3.05) is 13.1 Å². The van der Waals surface area contributed by atoms with Crippen LogP contribution in [0.15, 0.2) is 42.9 Å². The first kappa shape index (κ1) is 39.3. The zero-order valence-corrected chi connectivity index (χ0v) is 27.7. The summed E-state index contributed by atoms with van der Waals surface area (Å²) < 4.78 is 0. The Hall–Kier alpha value is -4.83. The van der Waals surface area contributed by atoms with E-state index in [2.05, 4.69) is 36.6 Å². The van der Waals surface area contributed by atoms with Crippen molar-refractivity contribution in [1.82, 2.24) is 36.6 Å². The number of nitrogens with one attached hydrogen (secondary N) is 6. The van der Waals surface area contributed by atoms with Gasteiger partial charge in [-0.25, -0.2) is 4.98 Å². The van der Waals surface area contributed by atoms with Crippen LogP contribution in [-0.2, 0) is 41.6 Å². The van der Waals surface area contributed by atoms with Crippen LogP contribution >= 0.6 is 0 Å². The van der Waals surface area contributed by atoms with Crippen LogP contribution < -0.4 is 38.1 Å². The standard InChI is InChI=1S/C32H49N9O7/c1-19(2)13-24(40-29(45)23(34)11-7-8-12-33)31(47)38-20(3)28(44)39-26(15-22-16-35-18-37-22)32(48)41-25(30(46)36-17-27(42)43)14-21-9-5-4-6-10-21/h4-6,9-10,16,18-20,23-26H,7-8,11-15,17,33-34H2,1-3H3,(H,35,37)(H,36,46)(H,38,47)(H,39,44)(H,40,45)(H,41,48)(H,42,43)/t20-,23-,24-,25-,26-/m0/s1. The van der Waals surface area contributed by atoms with Gasteiger partial charge in [0.05, 0.1) is 12.4 Å². The molecule has 0 aliphatic heterocycles. The van der Waals surface area contributed by atoms with E-state index in [0.29, 0.717) is 43.5 Å². The molecule has 1 aromatic carbocycles. The largest absolute Gasteiger partial charge is 0.480 e. The summed E-state index contributed by atoms with van der Waals surface area (Å²) in [6.45, 7) is 5.03. The highest BCUT2D eigenvalue weighted by molar-refractivity contribution is 5.96. The van der Waals surface area contributed by atoms with Gasteiger partial charge < -0.3 is 48.1 Å². The second-order valence-electron chi connectivity index (χ2n) is 12.0. The number of hydrogen-bond donors (Lipinski definition) is 9. The van der Waals surface area contributed by atoms with Crippen LogP contribution in [0, 0.1) is 5.92 Å². The van der Waals surface area contributed by atoms with Gasteiger partial charge in [-0.15, -0.1) is 0 Å². The second-order valence-corrected chi connectivity index (χ2v) is 12.0. The number of amides is 5. The lowest BCUT2D eigenvalue weighted by Crippen LogP contribution is -2.59. The maximum atomic E-state index is 13.6. The van der Waals surface area contributed by atoms with Crippen molar-refractivity contribution in [2.24, 2.45) is 17.4 Å². The average molecular weight is 672 g/mol. The Bertz CT molecular complexity index is 1340. The summed E-state index contributed by atoms with van der Waals surface area (Å²) in [6, 6.07) is 3.52. The van der Waals surface area contributed by atoms with Gasteiger partial charge >= 0.3 is 5.97 Å². The highest BCUT2D eigenvalue weighted by atomic mass is 16.4. The molecule has 264 valence electrons. The van der Waals surface area contributed by atoms with E-state index >= 15 is 0 Å². The lowest BCUT2D eigenvalue weighted by atomic mass is 10.0. The summed E-state index contributed by atoms with van der Waals surface area (Å²) in [6.07, 6.45) is 4.96. The summed E-state index contributed by atoms with van der Waals surface area (Å²) in [5.41, 5.74) is 12.7. The number of carboxylic acids is 1. The number of nitrogens with zero attached hydrogens (tertiary/aromatic N) is 1. The SMILES string of the molecule is CC(C)C[C@H](NC(=O)[C@@H](N)CCCCN)C(=O)N[C@@H](C)C(=O)N[C@@H](Cc1cnc[nH]1)C(=O)N[C@@H](Cc1ccccc1)C(=O)NCC(=O)O. The van der Waals surface area contributed by atoms with E-state index in [1.165, 1.54) is 19.4 Å². The van der Waals surface area contributed by atoms with Crippen LogP contribution in [0.25, 0.3) is 0 Å². The molecule has 2 aromatic rings. The number of nitrogens with two attached hydrogens (primary N) is 2. The summed E-state index contributed by atoms with van der Waals surface area (Å²) in [4.78, 5) is 83.7. The molecule has 1 aromatic heterocycles. The number of carbonyl (C=O) groups is 6. The van der Waals surface area contributed by atoms with E-state index in [9.17, 15) is 28.8 Å². The molecule has 11 N–H and O–H groups in total. The third-order valence-electron chi connectivity index (χ3n) is 7.34. The molecule has 1 heterocycles. The average Bonchev–Trinajstić information content (AvgIpc) is 3.56. The molecule has 5 amide bonds. The first-order chi connectivity index (χ1) is 22.8. The van der Waals surface area contributed by atoms with Crippen LogP contribution in [0.4, 0.5) is 0 Å². The second kappa shape index (κ2) is 20.4. The Balaban J connectivity index is 2.17. The maximum absolute atomic E-state index is 13.6. The Labute approximate surface area is 280 Å². The van der Waals surface area contributed by atoms with Crippen LogP contribution in [-0.4, -0.2) is 93.9 Å². The summed E-state index contributed by atoms with van der Waals surface area (Å²) >= 11 is 0. The molecule has 0 saturated heterocycles. The Morgan fingerprint density at radius 3 is 2.04 bits per heavy atom. The van der Waals surface area contributed by atoms with E-state index in [4.69, 9.17) is 16.6 Å².